The van der Waals surface area contributed by atoms with Crippen molar-refractivity contribution in [3.8, 4) is 0 Å². The predicted octanol–water partition coefficient (Wildman–Crippen LogP) is 4.93. The molecule has 29 heavy (non-hydrogen) atoms. The summed E-state index contributed by atoms with van der Waals surface area (Å²) in [5, 5.41) is 6.12. The van der Waals surface area contributed by atoms with Crippen molar-refractivity contribution in [2.75, 3.05) is 11.9 Å². The third-order valence-electron chi connectivity index (χ3n) is 4.13. The van der Waals surface area contributed by atoms with E-state index >= 15 is 0 Å². The standard InChI is InChI=1S/C22H20BrN3O2S/c1-2-15-6-3-4-8-19(15)26-20(27)14-25-21(28)18-7-5-13-24-22(18)29-17-11-9-16(23)10-12-17/h3-13H,2,14H2,1H3,(H,25,28)(H,26,27). The maximum Gasteiger partial charge on any atom is 0.254 e. The van der Waals surface area contributed by atoms with Gasteiger partial charge in [0.15, 0.2) is 0 Å². The smallest absolute Gasteiger partial charge is 0.254 e. The van der Waals surface area contributed by atoms with Crippen molar-refractivity contribution in [3.63, 3.8) is 0 Å². The van der Waals surface area contributed by atoms with E-state index in [1.54, 1.807) is 18.3 Å². The van der Waals surface area contributed by atoms with E-state index in [0.29, 0.717) is 10.6 Å². The number of carbonyl (C=O) groups is 2. The number of rotatable bonds is 7. The second kappa shape index (κ2) is 10.2. The Morgan fingerprint density at radius 2 is 1.79 bits per heavy atom. The molecule has 2 N–H and O–H groups in total. The maximum absolute atomic E-state index is 12.6. The number of carbonyl (C=O) groups excluding carboxylic acids is 2. The molecule has 0 spiro atoms. The number of amides is 2. The Hall–Kier alpha value is -2.64. The van der Waals surface area contributed by atoms with Gasteiger partial charge in [0.25, 0.3) is 5.91 Å². The highest BCUT2D eigenvalue weighted by molar-refractivity contribution is 9.10. The number of hydrogen-bond donors (Lipinski definition) is 2. The van der Waals surface area contributed by atoms with Crippen LogP contribution < -0.4 is 10.6 Å². The number of anilines is 1. The fraction of sp³-hybridized carbons (Fsp3) is 0.136. The molecule has 2 aromatic carbocycles. The molecule has 2 amide bonds. The highest BCUT2D eigenvalue weighted by atomic mass is 79.9. The highest BCUT2D eigenvalue weighted by Gasteiger charge is 2.15. The summed E-state index contributed by atoms with van der Waals surface area (Å²) in [7, 11) is 0. The second-order valence-corrected chi connectivity index (χ2v) is 8.13. The summed E-state index contributed by atoms with van der Waals surface area (Å²) < 4.78 is 0.983. The molecule has 0 aliphatic heterocycles. The predicted molar refractivity (Wildman–Crippen MR) is 119 cm³/mol. The quantitative estimate of drug-likeness (QED) is 0.514. The van der Waals surface area contributed by atoms with Gasteiger partial charge in [-0.15, -0.1) is 0 Å². The molecule has 0 unspecified atom stereocenters. The Morgan fingerprint density at radius 1 is 1.03 bits per heavy atom. The molecule has 3 rings (SSSR count). The van der Waals surface area contributed by atoms with E-state index in [2.05, 4.69) is 31.5 Å². The Bertz CT molecular complexity index is 1010. The topological polar surface area (TPSA) is 71.1 Å². The zero-order chi connectivity index (χ0) is 20.6. The molecule has 0 saturated carbocycles. The lowest BCUT2D eigenvalue weighted by atomic mass is 10.1. The van der Waals surface area contributed by atoms with Crippen molar-refractivity contribution in [1.29, 1.82) is 0 Å². The summed E-state index contributed by atoms with van der Waals surface area (Å²) in [5.74, 6) is -0.609. The van der Waals surface area contributed by atoms with Crippen LogP contribution in [0.25, 0.3) is 0 Å². The van der Waals surface area contributed by atoms with Crippen LogP contribution in [0.15, 0.2) is 81.3 Å². The van der Waals surface area contributed by atoms with Gasteiger partial charge in [-0.3, -0.25) is 9.59 Å². The third-order valence-corrected chi connectivity index (χ3v) is 5.68. The zero-order valence-electron chi connectivity index (χ0n) is 15.8. The third kappa shape index (κ3) is 5.92. The minimum absolute atomic E-state index is 0.117. The first-order chi connectivity index (χ1) is 14.1. The monoisotopic (exact) mass is 469 g/mol. The number of hydrogen-bond acceptors (Lipinski definition) is 4. The molecule has 0 saturated heterocycles. The minimum atomic E-state index is -0.336. The fourth-order valence-corrected chi connectivity index (χ4v) is 3.80. The maximum atomic E-state index is 12.6. The summed E-state index contributed by atoms with van der Waals surface area (Å²) >= 11 is 4.81. The normalized spacial score (nSPS) is 10.4. The summed E-state index contributed by atoms with van der Waals surface area (Å²) in [6.07, 6.45) is 2.46. The van der Waals surface area contributed by atoms with Gasteiger partial charge in [-0.25, -0.2) is 4.98 Å². The lowest BCUT2D eigenvalue weighted by Crippen LogP contribution is -2.33. The number of halogens is 1. The van der Waals surface area contributed by atoms with E-state index in [-0.39, 0.29) is 18.4 Å². The average molecular weight is 470 g/mol. The van der Waals surface area contributed by atoms with Crippen LogP contribution in [0.4, 0.5) is 5.69 Å². The van der Waals surface area contributed by atoms with E-state index < -0.39 is 0 Å². The molecule has 1 heterocycles. The molecule has 0 radical (unpaired) electrons. The number of para-hydroxylation sites is 1. The molecule has 0 fully saturated rings. The molecule has 148 valence electrons. The molecule has 0 atom stereocenters. The number of nitrogens with one attached hydrogen (secondary N) is 2. The second-order valence-electron chi connectivity index (χ2n) is 6.15. The van der Waals surface area contributed by atoms with Crippen LogP contribution in [0.2, 0.25) is 0 Å². The first-order valence-electron chi connectivity index (χ1n) is 9.11. The Balaban J connectivity index is 1.63. The summed E-state index contributed by atoms with van der Waals surface area (Å²) in [6.45, 7) is 1.91. The Kier molecular flexibility index (Phi) is 7.43. The van der Waals surface area contributed by atoms with Crippen LogP contribution in [0, 0.1) is 0 Å². The van der Waals surface area contributed by atoms with Gasteiger partial charge in [0.2, 0.25) is 5.91 Å². The van der Waals surface area contributed by atoms with Crippen LogP contribution in [0.5, 0.6) is 0 Å². The van der Waals surface area contributed by atoms with E-state index in [1.165, 1.54) is 11.8 Å². The van der Waals surface area contributed by atoms with Crippen molar-refractivity contribution >= 4 is 45.2 Å². The van der Waals surface area contributed by atoms with Gasteiger partial charge in [-0.1, -0.05) is 52.8 Å². The SMILES string of the molecule is CCc1ccccc1NC(=O)CNC(=O)c1cccnc1Sc1ccc(Br)cc1. The fourth-order valence-electron chi connectivity index (χ4n) is 2.66. The van der Waals surface area contributed by atoms with Crippen LogP contribution in [-0.4, -0.2) is 23.3 Å². The van der Waals surface area contributed by atoms with Crippen molar-refractivity contribution in [2.45, 2.75) is 23.3 Å². The first-order valence-corrected chi connectivity index (χ1v) is 10.7. The van der Waals surface area contributed by atoms with Crippen molar-refractivity contribution in [2.24, 2.45) is 0 Å². The van der Waals surface area contributed by atoms with Crippen LogP contribution in [0.1, 0.15) is 22.8 Å². The van der Waals surface area contributed by atoms with Gasteiger partial charge in [-0.05, 0) is 54.4 Å². The molecule has 0 aliphatic carbocycles. The van der Waals surface area contributed by atoms with Crippen LogP contribution in [0.3, 0.4) is 0 Å². The highest BCUT2D eigenvalue weighted by Crippen LogP contribution is 2.29. The number of nitrogens with zero attached hydrogens (tertiary/aromatic N) is 1. The molecular formula is C22H20BrN3O2S. The van der Waals surface area contributed by atoms with Crippen molar-refractivity contribution in [1.82, 2.24) is 10.3 Å². The molecule has 0 bridgehead atoms. The van der Waals surface area contributed by atoms with Gasteiger partial charge in [0.05, 0.1) is 12.1 Å². The average Bonchev–Trinajstić information content (AvgIpc) is 2.74. The van der Waals surface area contributed by atoms with E-state index in [0.717, 1.165) is 27.0 Å². The lowest BCUT2D eigenvalue weighted by molar-refractivity contribution is -0.115. The lowest BCUT2D eigenvalue weighted by Gasteiger charge is -2.11. The van der Waals surface area contributed by atoms with Gasteiger partial charge in [-0.2, -0.15) is 0 Å². The zero-order valence-corrected chi connectivity index (χ0v) is 18.2. The van der Waals surface area contributed by atoms with Gasteiger partial charge >= 0.3 is 0 Å². The van der Waals surface area contributed by atoms with Gasteiger partial charge in [0, 0.05) is 21.3 Å². The summed E-state index contributed by atoms with van der Waals surface area (Å²) in [4.78, 5) is 30.2. The number of pyridine rings is 1. The number of benzene rings is 2. The van der Waals surface area contributed by atoms with Gasteiger partial charge in [0.1, 0.15) is 5.03 Å². The molecule has 1 aromatic heterocycles. The summed E-state index contributed by atoms with van der Waals surface area (Å²) in [5.41, 5.74) is 2.25. The molecular weight excluding hydrogens is 450 g/mol. The minimum Gasteiger partial charge on any atom is -0.343 e. The molecule has 5 nitrogen and oxygen atoms in total. The van der Waals surface area contributed by atoms with E-state index in [9.17, 15) is 9.59 Å². The Morgan fingerprint density at radius 3 is 2.55 bits per heavy atom. The van der Waals surface area contributed by atoms with Crippen LogP contribution >= 0.6 is 27.7 Å². The van der Waals surface area contributed by atoms with E-state index in [1.807, 2.05) is 55.5 Å². The molecule has 3 aromatic rings. The van der Waals surface area contributed by atoms with E-state index in [4.69, 9.17) is 0 Å². The summed E-state index contributed by atoms with van der Waals surface area (Å²) in [6, 6.07) is 18.8. The van der Waals surface area contributed by atoms with Crippen molar-refractivity contribution in [3.05, 3.63) is 82.5 Å². The number of aryl methyl sites for hydroxylation is 1. The Labute approximate surface area is 182 Å². The molecule has 7 heteroatoms. The van der Waals surface area contributed by atoms with Crippen LogP contribution in [-0.2, 0) is 11.2 Å². The first kappa shape index (κ1) is 21.1. The van der Waals surface area contributed by atoms with Gasteiger partial charge < -0.3 is 10.6 Å². The van der Waals surface area contributed by atoms with Crippen molar-refractivity contribution < 1.29 is 9.59 Å². The largest absolute Gasteiger partial charge is 0.343 e. The number of aromatic nitrogens is 1. The molecule has 0 aliphatic rings.